The fraction of sp³-hybridized carbons (Fsp3) is 0.684. The van der Waals surface area contributed by atoms with Crippen LogP contribution in [0.15, 0.2) is 23.1 Å². The number of piperidine rings is 1. The number of hydrogen-bond donors (Lipinski definition) is 1. The van der Waals surface area contributed by atoms with Gasteiger partial charge >= 0.3 is 0 Å². The van der Waals surface area contributed by atoms with Gasteiger partial charge in [0.15, 0.2) is 0 Å². The Kier molecular flexibility index (Phi) is 6.15. The SMILES string of the molecule is Cc1ccc(S(=O)(=O)NCC2CCN(C3CCOCC3)CC2)cc1C. The Balaban J connectivity index is 1.49. The topological polar surface area (TPSA) is 58.6 Å². The highest BCUT2D eigenvalue weighted by atomic mass is 32.2. The van der Waals surface area contributed by atoms with Crippen LogP contribution in [0, 0.1) is 19.8 Å². The number of aryl methyl sites for hydroxylation is 2. The van der Waals surface area contributed by atoms with Crippen LogP contribution in [0.1, 0.15) is 36.8 Å². The molecule has 1 aromatic carbocycles. The zero-order chi connectivity index (χ0) is 17.9. The van der Waals surface area contributed by atoms with Gasteiger partial charge < -0.3 is 9.64 Å². The molecule has 0 unspecified atom stereocenters. The third-order valence-electron chi connectivity index (χ3n) is 5.71. The van der Waals surface area contributed by atoms with Crippen LogP contribution in [-0.4, -0.2) is 52.2 Å². The van der Waals surface area contributed by atoms with Crippen molar-refractivity contribution in [2.75, 3.05) is 32.8 Å². The zero-order valence-electron chi connectivity index (χ0n) is 15.3. The number of hydrogen-bond acceptors (Lipinski definition) is 4. The van der Waals surface area contributed by atoms with Gasteiger partial charge in [0.1, 0.15) is 0 Å². The van der Waals surface area contributed by atoms with E-state index in [0.717, 1.165) is 63.1 Å². The molecule has 1 aromatic rings. The molecular formula is C19H30N2O3S. The van der Waals surface area contributed by atoms with Crippen molar-refractivity contribution in [3.63, 3.8) is 0 Å². The van der Waals surface area contributed by atoms with Crippen molar-refractivity contribution in [1.29, 1.82) is 0 Å². The standard InChI is InChI=1S/C19H30N2O3S/c1-15-3-4-19(13-16(15)2)25(22,23)20-14-17-5-9-21(10-6-17)18-7-11-24-12-8-18/h3-4,13,17-18,20H,5-12,14H2,1-2H3. The third kappa shape index (κ3) is 4.82. The number of nitrogens with one attached hydrogen (secondary N) is 1. The molecule has 2 aliphatic rings. The Morgan fingerprint density at radius 3 is 2.40 bits per heavy atom. The van der Waals surface area contributed by atoms with E-state index in [1.807, 2.05) is 19.9 Å². The summed E-state index contributed by atoms with van der Waals surface area (Å²) in [6.45, 7) is 8.37. The molecule has 0 radical (unpaired) electrons. The van der Waals surface area contributed by atoms with Gasteiger partial charge in [-0.2, -0.15) is 0 Å². The van der Waals surface area contributed by atoms with Crippen molar-refractivity contribution >= 4 is 10.0 Å². The molecule has 0 aliphatic carbocycles. The van der Waals surface area contributed by atoms with Crippen LogP contribution in [0.3, 0.4) is 0 Å². The summed E-state index contributed by atoms with van der Waals surface area (Å²) >= 11 is 0. The molecule has 0 spiro atoms. The minimum atomic E-state index is -3.41. The van der Waals surface area contributed by atoms with E-state index < -0.39 is 10.0 Å². The number of ether oxygens (including phenoxy) is 1. The molecule has 0 atom stereocenters. The summed E-state index contributed by atoms with van der Waals surface area (Å²) in [7, 11) is -3.41. The molecule has 0 amide bonds. The van der Waals surface area contributed by atoms with Crippen molar-refractivity contribution in [3.8, 4) is 0 Å². The van der Waals surface area contributed by atoms with Gasteiger partial charge in [0, 0.05) is 25.8 Å². The largest absolute Gasteiger partial charge is 0.381 e. The molecule has 2 aliphatic heterocycles. The van der Waals surface area contributed by atoms with Crippen molar-refractivity contribution in [3.05, 3.63) is 29.3 Å². The fourth-order valence-corrected chi connectivity index (χ4v) is 4.97. The van der Waals surface area contributed by atoms with Crippen LogP contribution < -0.4 is 4.72 Å². The van der Waals surface area contributed by atoms with Crippen molar-refractivity contribution in [2.45, 2.75) is 50.5 Å². The summed E-state index contributed by atoms with van der Waals surface area (Å²) in [4.78, 5) is 2.94. The second-order valence-corrected chi connectivity index (χ2v) is 9.19. The van der Waals surface area contributed by atoms with Gasteiger partial charge in [-0.05, 0) is 81.8 Å². The lowest BCUT2D eigenvalue weighted by Crippen LogP contribution is -2.45. The lowest BCUT2D eigenvalue weighted by Gasteiger charge is -2.39. The van der Waals surface area contributed by atoms with E-state index in [1.165, 1.54) is 0 Å². The molecule has 2 saturated heterocycles. The van der Waals surface area contributed by atoms with Crippen LogP contribution >= 0.6 is 0 Å². The Hall–Kier alpha value is -0.950. The van der Waals surface area contributed by atoms with E-state index in [-0.39, 0.29) is 0 Å². The lowest BCUT2D eigenvalue weighted by atomic mass is 9.94. The van der Waals surface area contributed by atoms with Gasteiger partial charge in [0.25, 0.3) is 0 Å². The summed E-state index contributed by atoms with van der Waals surface area (Å²) in [5.41, 5.74) is 2.12. The second kappa shape index (κ2) is 8.16. The third-order valence-corrected chi connectivity index (χ3v) is 7.13. The van der Waals surface area contributed by atoms with E-state index >= 15 is 0 Å². The molecule has 0 aromatic heterocycles. The van der Waals surface area contributed by atoms with Gasteiger partial charge in [0.05, 0.1) is 4.90 Å². The van der Waals surface area contributed by atoms with E-state index in [1.54, 1.807) is 12.1 Å². The highest BCUT2D eigenvalue weighted by molar-refractivity contribution is 7.89. The smallest absolute Gasteiger partial charge is 0.240 e. The average molecular weight is 367 g/mol. The molecule has 3 rings (SSSR count). The maximum absolute atomic E-state index is 12.5. The summed E-state index contributed by atoms with van der Waals surface area (Å²) < 4.78 is 33.3. The Morgan fingerprint density at radius 2 is 1.76 bits per heavy atom. The summed E-state index contributed by atoms with van der Waals surface area (Å²) in [5, 5.41) is 0. The molecule has 25 heavy (non-hydrogen) atoms. The van der Waals surface area contributed by atoms with E-state index in [9.17, 15) is 8.42 Å². The van der Waals surface area contributed by atoms with Crippen LogP contribution in [0.2, 0.25) is 0 Å². The first-order valence-electron chi connectivity index (χ1n) is 9.34. The highest BCUT2D eigenvalue weighted by Crippen LogP contribution is 2.23. The molecule has 6 heteroatoms. The number of nitrogens with zero attached hydrogens (tertiary/aromatic N) is 1. The Bertz CT molecular complexity index is 676. The quantitative estimate of drug-likeness (QED) is 0.870. The van der Waals surface area contributed by atoms with Gasteiger partial charge in [-0.3, -0.25) is 0 Å². The van der Waals surface area contributed by atoms with Crippen molar-refractivity contribution in [2.24, 2.45) is 5.92 Å². The predicted molar refractivity (Wildman–Crippen MR) is 99.2 cm³/mol. The highest BCUT2D eigenvalue weighted by Gasteiger charge is 2.27. The molecule has 0 saturated carbocycles. The van der Waals surface area contributed by atoms with Crippen LogP contribution in [0.5, 0.6) is 0 Å². The molecule has 2 heterocycles. The number of benzene rings is 1. The first-order chi connectivity index (χ1) is 12.0. The van der Waals surface area contributed by atoms with Gasteiger partial charge in [-0.25, -0.2) is 13.1 Å². The molecule has 1 N–H and O–H groups in total. The molecule has 2 fully saturated rings. The Morgan fingerprint density at radius 1 is 1.08 bits per heavy atom. The Labute approximate surface area is 151 Å². The fourth-order valence-electron chi connectivity index (χ4n) is 3.76. The van der Waals surface area contributed by atoms with Crippen molar-refractivity contribution < 1.29 is 13.2 Å². The summed E-state index contributed by atoms with van der Waals surface area (Å²) in [6.07, 6.45) is 4.38. The second-order valence-electron chi connectivity index (χ2n) is 7.42. The first kappa shape index (κ1) is 18.8. The van der Waals surface area contributed by atoms with E-state index in [2.05, 4.69) is 9.62 Å². The maximum Gasteiger partial charge on any atom is 0.240 e. The van der Waals surface area contributed by atoms with Gasteiger partial charge in [-0.1, -0.05) is 6.07 Å². The molecule has 140 valence electrons. The lowest BCUT2D eigenvalue weighted by molar-refractivity contribution is 0.0214. The van der Waals surface area contributed by atoms with Gasteiger partial charge in [-0.15, -0.1) is 0 Å². The minimum Gasteiger partial charge on any atom is -0.381 e. The summed E-state index contributed by atoms with van der Waals surface area (Å²) in [6, 6.07) is 5.97. The number of rotatable bonds is 5. The molecular weight excluding hydrogens is 336 g/mol. The van der Waals surface area contributed by atoms with Crippen LogP contribution in [0.4, 0.5) is 0 Å². The first-order valence-corrected chi connectivity index (χ1v) is 10.8. The zero-order valence-corrected chi connectivity index (χ0v) is 16.1. The minimum absolute atomic E-state index is 0.371. The van der Waals surface area contributed by atoms with Crippen molar-refractivity contribution in [1.82, 2.24) is 9.62 Å². The monoisotopic (exact) mass is 366 g/mol. The maximum atomic E-state index is 12.5. The van der Waals surface area contributed by atoms with E-state index in [0.29, 0.717) is 23.4 Å². The average Bonchev–Trinajstić information content (AvgIpc) is 2.63. The van der Waals surface area contributed by atoms with Crippen LogP contribution in [-0.2, 0) is 14.8 Å². The predicted octanol–water partition coefficient (Wildman–Crippen LogP) is 2.47. The number of sulfonamides is 1. The molecule has 5 nitrogen and oxygen atoms in total. The summed E-state index contributed by atoms with van der Waals surface area (Å²) in [5.74, 6) is 0.428. The number of likely N-dealkylation sites (tertiary alicyclic amines) is 1. The molecule has 0 bridgehead atoms. The van der Waals surface area contributed by atoms with Crippen LogP contribution in [0.25, 0.3) is 0 Å². The van der Waals surface area contributed by atoms with E-state index in [4.69, 9.17) is 4.74 Å². The van der Waals surface area contributed by atoms with Gasteiger partial charge in [0.2, 0.25) is 10.0 Å². The normalized spacial score (nSPS) is 21.5.